The predicted molar refractivity (Wildman–Crippen MR) is 94.0 cm³/mol. The van der Waals surface area contributed by atoms with E-state index in [0.29, 0.717) is 17.6 Å². The highest BCUT2D eigenvalue weighted by molar-refractivity contribution is 5.67. The van der Waals surface area contributed by atoms with Gasteiger partial charge in [-0.2, -0.15) is 5.10 Å². The van der Waals surface area contributed by atoms with Gasteiger partial charge in [0, 0.05) is 23.0 Å². The number of hydrogen-bond donors (Lipinski definition) is 2. The van der Waals surface area contributed by atoms with E-state index in [9.17, 15) is 15.0 Å². The minimum Gasteiger partial charge on any atom is -0.508 e. The van der Waals surface area contributed by atoms with Crippen molar-refractivity contribution >= 4 is 5.97 Å². The summed E-state index contributed by atoms with van der Waals surface area (Å²) in [7, 11) is 0. The number of carboxylic acids is 1. The smallest absolute Gasteiger partial charge is 0.325 e. The van der Waals surface area contributed by atoms with Gasteiger partial charge in [-0.05, 0) is 57.1 Å². The Bertz CT molecular complexity index is 894. The van der Waals surface area contributed by atoms with Crippen LogP contribution in [-0.4, -0.2) is 26.0 Å². The lowest BCUT2D eigenvalue weighted by Gasteiger charge is -2.13. The number of carboxylic acid groups (broad SMARTS) is 1. The first-order valence-corrected chi connectivity index (χ1v) is 9.45. The molecule has 1 heterocycles. The molecule has 0 bridgehead atoms. The molecule has 0 atom stereocenters. The molecule has 1 aromatic heterocycles. The third-order valence-corrected chi connectivity index (χ3v) is 5.61. The summed E-state index contributed by atoms with van der Waals surface area (Å²) in [5.41, 5.74) is 3.92. The number of phenols is 1. The number of aromatic hydroxyl groups is 1. The highest BCUT2D eigenvalue weighted by atomic mass is 16.5. The zero-order valence-electron chi connectivity index (χ0n) is 14.6. The zero-order chi connectivity index (χ0) is 17.8. The van der Waals surface area contributed by atoms with Gasteiger partial charge in [0.1, 0.15) is 23.7 Å². The number of phenolic OH excluding ortho intramolecular Hbond substituents is 1. The van der Waals surface area contributed by atoms with Crippen LogP contribution in [0.15, 0.2) is 12.1 Å². The molecule has 2 fully saturated rings. The molecule has 26 heavy (non-hydrogen) atoms. The zero-order valence-corrected chi connectivity index (χ0v) is 14.6. The van der Waals surface area contributed by atoms with Crippen molar-refractivity contribution in [3.8, 4) is 17.2 Å². The van der Waals surface area contributed by atoms with E-state index in [-0.39, 0.29) is 6.54 Å². The second-order valence-electron chi connectivity index (χ2n) is 7.70. The Morgan fingerprint density at radius 2 is 1.88 bits per heavy atom. The molecule has 0 saturated heterocycles. The van der Waals surface area contributed by atoms with Crippen LogP contribution in [0, 0.1) is 0 Å². The monoisotopic (exact) mass is 354 g/mol. The Morgan fingerprint density at radius 3 is 2.58 bits per heavy atom. The first-order valence-electron chi connectivity index (χ1n) is 9.45. The van der Waals surface area contributed by atoms with Gasteiger partial charge in [0.15, 0.2) is 5.75 Å². The summed E-state index contributed by atoms with van der Waals surface area (Å²) in [4.78, 5) is 11.3. The minimum atomic E-state index is -0.881. The summed E-state index contributed by atoms with van der Waals surface area (Å²) in [5.74, 6) is 1.74. The summed E-state index contributed by atoms with van der Waals surface area (Å²) in [6.07, 6.45) is 7.07. The molecule has 6 heteroatoms. The molecule has 3 aliphatic rings. The molecule has 2 N–H and O–H groups in total. The third kappa shape index (κ3) is 2.64. The van der Waals surface area contributed by atoms with Crippen molar-refractivity contribution in [2.75, 3.05) is 0 Å². The van der Waals surface area contributed by atoms with Crippen LogP contribution >= 0.6 is 0 Å². The number of fused-ring (bicyclic) bond motifs is 1. The average molecular weight is 354 g/mol. The van der Waals surface area contributed by atoms with Crippen LogP contribution in [0.25, 0.3) is 0 Å². The predicted octanol–water partition coefficient (Wildman–Crippen LogP) is 3.71. The summed E-state index contributed by atoms with van der Waals surface area (Å²) < 4.78 is 8.06. The van der Waals surface area contributed by atoms with E-state index in [0.717, 1.165) is 79.0 Å². The van der Waals surface area contributed by atoms with E-state index in [4.69, 9.17) is 4.74 Å². The van der Waals surface area contributed by atoms with Gasteiger partial charge < -0.3 is 14.9 Å². The lowest BCUT2D eigenvalue weighted by atomic mass is 10.1. The Kier molecular flexibility index (Phi) is 3.48. The fourth-order valence-electron chi connectivity index (χ4n) is 4.07. The maximum absolute atomic E-state index is 11.3. The fourth-order valence-corrected chi connectivity index (χ4v) is 4.07. The van der Waals surface area contributed by atoms with Crippen LogP contribution in [-0.2, 0) is 24.2 Å². The maximum Gasteiger partial charge on any atom is 0.325 e. The molecule has 5 rings (SSSR count). The second-order valence-corrected chi connectivity index (χ2v) is 7.70. The van der Waals surface area contributed by atoms with Crippen molar-refractivity contribution in [2.45, 2.75) is 63.3 Å². The van der Waals surface area contributed by atoms with E-state index in [1.54, 1.807) is 10.7 Å². The van der Waals surface area contributed by atoms with Crippen molar-refractivity contribution in [3.63, 3.8) is 0 Å². The van der Waals surface area contributed by atoms with E-state index in [2.05, 4.69) is 5.10 Å². The maximum atomic E-state index is 11.3. The first-order chi connectivity index (χ1) is 12.6. The molecular formula is C20H22N2O4. The van der Waals surface area contributed by atoms with Crippen LogP contribution in [0.3, 0.4) is 0 Å². The van der Waals surface area contributed by atoms with Gasteiger partial charge in [-0.1, -0.05) is 0 Å². The van der Waals surface area contributed by atoms with Gasteiger partial charge in [0.2, 0.25) is 0 Å². The molecule has 1 aromatic carbocycles. The Hall–Kier alpha value is -2.50. The summed E-state index contributed by atoms with van der Waals surface area (Å²) >= 11 is 0. The number of rotatable bonds is 6. The quantitative estimate of drug-likeness (QED) is 0.826. The highest BCUT2D eigenvalue weighted by Gasteiger charge is 2.39. The Morgan fingerprint density at radius 1 is 1.15 bits per heavy atom. The number of aromatic nitrogens is 2. The van der Waals surface area contributed by atoms with E-state index in [1.807, 2.05) is 6.07 Å². The molecule has 0 unspecified atom stereocenters. The van der Waals surface area contributed by atoms with Gasteiger partial charge in [-0.3, -0.25) is 9.48 Å². The molecule has 3 aliphatic carbocycles. The summed E-state index contributed by atoms with van der Waals surface area (Å²) in [6.45, 7) is -0.122. The molecule has 6 nitrogen and oxygen atoms in total. The lowest BCUT2D eigenvalue weighted by Crippen LogP contribution is -2.13. The van der Waals surface area contributed by atoms with Crippen LogP contribution in [0.1, 0.15) is 66.5 Å². The van der Waals surface area contributed by atoms with Gasteiger partial charge in [0.25, 0.3) is 0 Å². The van der Waals surface area contributed by atoms with Crippen molar-refractivity contribution < 1.29 is 19.7 Å². The number of hydrogen-bond acceptors (Lipinski definition) is 4. The third-order valence-electron chi connectivity index (χ3n) is 5.61. The van der Waals surface area contributed by atoms with Crippen molar-refractivity contribution in [2.24, 2.45) is 0 Å². The largest absolute Gasteiger partial charge is 0.508 e. The van der Waals surface area contributed by atoms with E-state index in [1.165, 1.54) is 0 Å². The van der Waals surface area contributed by atoms with Crippen molar-refractivity contribution in [1.82, 2.24) is 9.78 Å². The number of ether oxygens (including phenoxy) is 1. The van der Waals surface area contributed by atoms with Gasteiger partial charge >= 0.3 is 5.97 Å². The Labute approximate surface area is 151 Å². The SMILES string of the molecule is O=C(O)Cn1nc(C2CC2)c(Oc2ccc(O)c3c2CCC3)c1C1CC1. The standard InChI is InChI=1S/C20H22N2O4/c23-15-8-9-16(14-3-1-2-13(14)15)26-20-18(11-4-5-11)21-22(10-17(24)25)19(20)12-6-7-12/h8-9,11-12,23H,1-7,10H2,(H,24,25). The first kappa shape index (κ1) is 15.7. The molecule has 0 aliphatic heterocycles. The number of aliphatic carboxylic acids is 1. The van der Waals surface area contributed by atoms with Crippen LogP contribution < -0.4 is 4.74 Å². The second kappa shape index (κ2) is 5.76. The van der Waals surface area contributed by atoms with Crippen molar-refractivity contribution in [3.05, 3.63) is 34.6 Å². The minimum absolute atomic E-state index is 0.122. The number of carbonyl (C=O) groups is 1. The number of nitrogens with zero attached hydrogens (tertiary/aromatic N) is 2. The normalized spacial score (nSPS) is 18.8. The fraction of sp³-hybridized carbons (Fsp3) is 0.500. The lowest BCUT2D eigenvalue weighted by molar-refractivity contribution is -0.137. The summed E-state index contributed by atoms with van der Waals surface area (Å²) in [6, 6.07) is 3.54. The van der Waals surface area contributed by atoms with Gasteiger partial charge in [0.05, 0.1) is 5.69 Å². The molecule has 136 valence electrons. The van der Waals surface area contributed by atoms with Crippen LogP contribution in [0.2, 0.25) is 0 Å². The molecule has 2 saturated carbocycles. The van der Waals surface area contributed by atoms with Crippen LogP contribution in [0.4, 0.5) is 0 Å². The molecular weight excluding hydrogens is 332 g/mol. The number of benzene rings is 1. The topological polar surface area (TPSA) is 84.6 Å². The molecule has 0 spiro atoms. The average Bonchev–Trinajstić information content (AvgIpc) is 3.53. The van der Waals surface area contributed by atoms with E-state index < -0.39 is 5.97 Å². The summed E-state index contributed by atoms with van der Waals surface area (Å²) in [5, 5.41) is 24.0. The van der Waals surface area contributed by atoms with Gasteiger partial charge in [-0.25, -0.2) is 0 Å². The molecule has 0 radical (unpaired) electrons. The Balaban J connectivity index is 1.59. The van der Waals surface area contributed by atoms with E-state index >= 15 is 0 Å². The molecule has 2 aromatic rings. The van der Waals surface area contributed by atoms with Crippen LogP contribution in [0.5, 0.6) is 17.2 Å². The van der Waals surface area contributed by atoms with Crippen molar-refractivity contribution in [1.29, 1.82) is 0 Å². The van der Waals surface area contributed by atoms with Gasteiger partial charge in [-0.15, -0.1) is 0 Å². The molecule has 0 amide bonds. The highest BCUT2D eigenvalue weighted by Crippen LogP contribution is 2.52.